The number of hydrogen-bond donors (Lipinski definition) is 1. The van der Waals surface area contributed by atoms with Crippen LogP contribution in [0.4, 0.5) is 4.39 Å². The van der Waals surface area contributed by atoms with E-state index in [0.717, 1.165) is 5.57 Å². The number of allylic oxidation sites excluding steroid dienone is 1. The first-order chi connectivity index (χ1) is 17.2. The topological polar surface area (TPSA) is 107 Å². The number of carbonyl (C=O) groups is 4. The van der Waals surface area contributed by atoms with Gasteiger partial charge in [0.05, 0.1) is 6.10 Å². The fraction of sp³-hybridized carbons (Fsp3) is 0.793. The summed E-state index contributed by atoms with van der Waals surface area (Å²) in [5, 5.41) is 11.7. The Kier molecular flexibility index (Phi) is 7.01. The number of alkyl halides is 1. The molecule has 0 bridgehead atoms. The second kappa shape index (κ2) is 9.28. The highest BCUT2D eigenvalue weighted by atomic mass is 19.1. The molecule has 0 amide bonds. The van der Waals surface area contributed by atoms with Crippen molar-refractivity contribution < 1.29 is 38.1 Å². The summed E-state index contributed by atoms with van der Waals surface area (Å²) in [5.74, 6) is -3.11. The van der Waals surface area contributed by atoms with E-state index in [9.17, 15) is 24.3 Å². The van der Waals surface area contributed by atoms with E-state index in [0.29, 0.717) is 19.3 Å². The second-order valence-corrected chi connectivity index (χ2v) is 12.3. The minimum atomic E-state index is -1.99. The third kappa shape index (κ3) is 3.68. The van der Waals surface area contributed by atoms with Gasteiger partial charge in [0.1, 0.15) is 5.67 Å². The molecule has 37 heavy (non-hydrogen) atoms. The lowest BCUT2D eigenvalue weighted by Crippen LogP contribution is -2.71. The molecule has 0 aromatic rings. The highest BCUT2D eigenvalue weighted by Crippen LogP contribution is 2.72. The summed E-state index contributed by atoms with van der Waals surface area (Å²) in [5.41, 5.74) is -4.93. The van der Waals surface area contributed by atoms with Gasteiger partial charge in [-0.05, 0) is 43.6 Å². The minimum absolute atomic E-state index is 0.0104. The Balaban J connectivity index is 1.82. The van der Waals surface area contributed by atoms with Gasteiger partial charge in [-0.2, -0.15) is 0 Å². The van der Waals surface area contributed by atoms with Crippen LogP contribution in [0.1, 0.15) is 86.5 Å². The largest absolute Gasteiger partial charge is 0.457 e. The van der Waals surface area contributed by atoms with E-state index < -0.39 is 64.4 Å². The number of carbonyl (C=O) groups excluding carboxylic acids is 4. The number of esters is 2. The molecule has 3 saturated carbocycles. The fourth-order valence-electron chi connectivity index (χ4n) is 8.76. The van der Waals surface area contributed by atoms with Crippen molar-refractivity contribution in [1.29, 1.82) is 0 Å². The first-order valence-electron chi connectivity index (χ1n) is 13.8. The third-order valence-electron chi connectivity index (χ3n) is 10.5. The third-order valence-corrected chi connectivity index (χ3v) is 10.5. The lowest BCUT2D eigenvalue weighted by Gasteiger charge is -2.64. The molecule has 0 spiro atoms. The Hall–Kier alpha value is -2.09. The maximum Gasteiger partial charge on any atom is 0.306 e. The monoisotopic (exact) mass is 520 g/mol. The molecule has 7 nitrogen and oxygen atoms in total. The molecule has 4 aliphatic carbocycles. The van der Waals surface area contributed by atoms with Gasteiger partial charge < -0.3 is 14.6 Å². The molecule has 0 aliphatic heterocycles. The fourth-order valence-corrected chi connectivity index (χ4v) is 8.76. The van der Waals surface area contributed by atoms with Crippen LogP contribution >= 0.6 is 0 Å². The van der Waals surface area contributed by atoms with Crippen LogP contribution in [0.3, 0.4) is 0 Å². The van der Waals surface area contributed by atoms with E-state index in [4.69, 9.17) is 9.47 Å². The number of Topliss-reactive ketones (excluding diaryl/α,β-unsaturated/α-hetero) is 1. The van der Waals surface area contributed by atoms with Crippen LogP contribution < -0.4 is 0 Å². The zero-order chi connectivity index (χ0) is 27.6. The van der Waals surface area contributed by atoms with Gasteiger partial charge in [-0.3, -0.25) is 19.2 Å². The number of hydrogen-bond acceptors (Lipinski definition) is 7. The Morgan fingerprint density at radius 1 is 1.08 bits per heavy atom. The average molecular weight is 521 g/mol. The SMILES string of the molecule is CCC(=O)OCC(=O)[C@@]1(OC(=O)CC)C(C)C[C@H]2[C@@H]3CC(C)C4=CC(=O)CC[C@]4(C)[C@@]3(F)C(O)C[C@@]21C. The lowest BCUT2D eigenvalue weighted by molar-refractivity contribution is -0.238. The minimum Gasteiger partial charge on any atom is -0.457 e. The summed E-state index contributed by atoms with van der Waals surface area (Å²) in [4.78, 5) is 50.7. The van der Waals surface area contributed by atoms with E-state index in [1.54, 1.807) is 19.9 Å². The van der Waals surface area contributed by atoms with Gasteiger partial charge >= 0.3 is 11.9 Å². The van der Waals surface area contributed by atoms with Crippen molar-refractivity contribution in [2.45, 2.75) is 104 Å². The van der Waals surface area contributed by atoms with Crippen molar-refractivity contribution in [3.63, 3.8) is 0 Å². The number of rotatable bonds is 6. The van der Waals surface area contributed by atoms with E-state index in [2.05, 4.69) is 0 Å². The normalized spacial score (nSPS) is 44.7. The van der Waals surface area contributed by atoms with Crippen LogP contribution in [0, 0.1) is 34.5 Å². The van der Waals surface area contributed by atoms with Gasteiger partial charge in [0.2, 0.25) is 5.78 Å². The number of halogens is 1. The molecule has 0 saturated heterocycles. The summed E-state index contributed by atoms with van der Waals surface area (Å²) < 4.78 is 28.8. The number of aliphatic hydroxyl groups is 1. The van der Waals surface area contributed by atoms with E-state index in [-0.39, 0.29) is 43.3 Å². The quantitative estimate of drug-likeness (QED) is 0.521. The molecular weight excluding hydrogens is 479 g/mol. The van der Waals surface area contributed by atoms with Gasteiger partial charge in [-0.25, -0.2) is 4.39 Å². The molecule has 3 unspecified atom stereocenters. The molecule has 4 aliphatic rings. The molecule has 8 heteroatoms. The van der Waals surface area contributed by atoms with Crippen LogP contribution in [0.5, 0.6) is 0 Å². The highest BCUT2D eigenvalue weighted by molar-refractivity contribution is 5.94. The van der Waals surface area contributed by atoms with Crippen LogP contribution in [-0.4, -0.2) is 52.6 Å². The first-order valence-corrected chi connectivity index (χ1v) is 13.8. The lowest BCUT2D eigenvalue weighted by atomic mass is 9.42. The van der Waals surface area contributed by atoms with Crippen molar-refractivity contribution >= 4 is 23.5 Å². The smallest absolute Gasteiger partial charge is 0.306 e. The zero-order valence-electron chi connectivity index (χ0n) is 22.9. The van der Waals surface area contributed by atoms with E-state index >= 15 is 4.39 Å². The maximum atomic E-state index is 17.6. The van der Waals surface area contributed by atoms with Crippen molar-refractivity contribution in [3.05, 3.63) is 11.6 Å². The summed E-state index contributed by atoms with van der Waals surface area (Å²) in [6.07, 6.45) is 1.65. The number of aliphatic hydroxyl groups excluding tert-OH is 1. The van der Waals surface area contributed by atoms with Gasteiger partial charge in [0.25, 0.3) is 0 Å². The first kappa shape index (κ1) is 27.9. The van der Waals surface area contributed by atoms with Crippen LogP contribution in [0.25, 0.3) is 0 Å². The molecule has 0 radical (unpaired) electrons. The summed E-state index contributed by atoms with van der Waals surface area (Å²) in [6.45, 7) is 10.2. The average Bonchev–Trinajstić information content (AvgIpc) is 3.07. The number of ketones is 2. The van der Waals surface area contributed by atoms with Gasteiger partial charge in [-0.15, -0.1) is 0 Å². The van der Waals surface area contributed by atoms with Crippen molar-refractivity contribution in [1.82, 2.24) is 0 Å². The highest BCUT2D eigenvalue weighted by Gasteiger charge is 2.77. The summed E-state index contributed by atoms with van der Waals surface area (Å²) in [6, 6.07) is 0. The Morgan fingerprint density at radius 3 is 2.35 bits per heavy atom. The van der Waals surface area contributed by atoms with Crippen molar-refractivity contribution in [2.24, 2.45) is 34.5 Å². The van der Waals surface area contributed by atoms with Crippen molar-refractivity contribution in [2.75, 3.05) is 6.61 Å². The van der Waals surface area contributed by atoms with Crippen LogP contribution in [-0.2, 0) is 28.7 Å². The van der Waals surface area contributed by atoms with Crippen LogP contribution in [0.15, 0.2) is 11.6 Å². The molecule has 0 aromatic carbocycles. The van der Waals surface area contributed by atoms with E-state index in [1.807, 2.05) is 27.7 Å². The van der Waals surface area contributed by atoms with Gasteiger partial charge in [0, 0.05) is 41.9 Å². The maximum absolute atomic E-state index is 17.6. The summed E-state index contributed by atoms with van der Waals surface area (Å²) >= 11 is 0. The molecule has 0 aromatic heterocycles. The molecule has 4 rings (SSSR count). The summed E-state index contributed by atoms with van der Waals surface area (Å²) in [7, 11) is 0. The number of fused-ring (bicyclic) bond motifs is 5. The Bertz CT molecular complexity index is 1040. The second-order valence-electron chi connectivity index (χ2n) is 12.3. The molecule has 9 atom stereocenters. The predicted molar refractivity (Wildman–Crippen MR) is 133 cm³/mol. The zero-order valence-corrected chi connectivity index (χ0v) is 22.9. The Morgan fingerprint density at radius 2 is 1.73 bits per heavy atom. The molecule has 206 valence electrons. The van der Waals surface area contributed by atoms with Gasteiger partial charge in [0.15, 0.2) is 18.0 Å². The standard InChI is InChI=1S/C29H41FO7/c1-7-24(34)36-15-23(33)29(37-25(35)8-2)17(4)12-20-21-11-16(3)19-13-18(31)9-10-26(19,5)28(21,30)22(32)14-27(20,29)6/h13,16-17,20-22,32H,7-12,14-15H2,1-6H3/t16?,17?,20-,21-,22?,26-,27-,28-,29-/m0/s1. The number of ether oxygens (including phenoxy) is 2. The molecule has 1 N–H and O–H groups in total. The van der Waals surface area contributed by atoms with Crippen LogP contribution in [0.2, 0.25) is 0 Å². The predicted octanol–water partition coefficient (Wildman–Crippen LogP) is 4.29. The van der Waals surface area contributed by atoms with E-state index in [1.165, 1.54) is 0 Å². The van der Waals surface area contributed by atoms with Gasteiger partial charge in [-0.1, -0.05) is 47.1 Å². The molecule has 3 fully saturated rings. The molecule has 0 heterocycles. The van der Waals surface area contributed by atoms with Crippen molar-refractivity contribution in [3.8, 4) is 0 Å². The Labute approximate surface area is 218 Å². The molecular formula is C29H41FO7.